The quantitative estimate of drug-likeness (QED) is 0.847. The number of hydrogen-bond acceptors (Lipinski definition) is 3. The molecule has 122 valence electrons. The van der Waals surface area contributed by atoms with Gasteiger partial charge < -0.3 is 14.8 Å². The first-order valence-corrected chi connectivity index (χ1v) is 7.75. The summed E-state index contributed by atoms with van der Waals surface area (Å²) in [7, 11) is 1.65. The predicted octanol–water partition coefficient (Wildman–Crippen LogP) is 3.72. The van der Waals surface area contributed by atoms with Crippen molar-refractivity contribution in [3.63, 3.8) is 0 Å². The Balaban J connectivity index is 2.02. The average molecular weight is 313 g/mol. The molecule has 0 bridgehead atoms. The summed E-state index contributed by atoms with van der Waals surface area (Å²) in [6.45, 7) is 5.08. The van der Waals surface area contributed by atoms with Crippen molar-refractivity contribution in [2.75, 3.05) is 13.7 Å². The van der Waals surface area contributed by atoms with Crippen LogP contribution in [-0.4, -0.2) is 19.6 Å². The topological polar surface area (TPSA) is 47.6 Å². The monoisotopic (exact) mass is 313 g/mol. The molecule has 1 N–H and O–H groups in total. The molecule has 0 spiro atoms. The summed E-state index contributed by atoms with van der Waals surface area (Å²) in [5, 5.41) is 3.01. The van der Waals surface area contributed by atoms with E-state index in [0.717, 1.165) is 16.9 Å². The summed E-state index contributed by atoms with van der Waals surface area (Å²) in [6.07, 6.45) is 0. The summed E-state index contributed by atoms with van der Waals surface area (Å²) in [5.41, 5.74) is 2.69. The van der Waals surface area contributed by atoms with E-state index >= 15 is 0 Å². The fourth-order valence-corrected chi connectivity index (χ4v) is 2.32. The summed E-state index contributed by atoms with van der Waals surface area (Å²) in [5.74, 6) is 0.721. The van der Waals surface area contributed by atoms with Crippen molar-refractivity contribution in [2.24, 2.45) is 0 Å². The zero-order valence-electron chi connectivity index (χ0n) is 13.8. The van der Waals surface area contributed by atoms with Crippen LogP contribution in [0.25, 0.3) is 0 Å². The molecule has 1 amide bonds. The second-order valence-corrected chi connectivity index (χ2v) is 5.33. The predicted molar refractivity (Wildman–Crippen MR) is 90.6 cm³/mol. The van der Waals surface area contributed by atoms with Crippen molar-refractivity contribution in [2.45, 2.75) is 26.5 Å². The maximum absolute atomic E-state index is 12.3. The minimum Gasteiger partial charge on any atom is -0.494 e. The molecule has 0 saturated heterocycles. The number of nitrogens with one attached hydrogen (secondary N) is 1. The van der Waals surface area contributed by atoms with Gasteiger partial charge in [-0.3, -0.25) is 4.79 Å². The molecule has 1 unspecified atom stereocenters. The molecule has 0 heterocycles. The van der Waals surface area contributed by atoms with Gasteiger partial charge in [-0.15, -0.1) is 0 Å². The third kappa shape index (κ3) is 4.83. The molecule has 0 aliphatic heterocycles. The Hall–Kier alpha value is -2.33. The lowest BCUT2D eigenvalue weighted by Gasteiger charge is -2.15. The lowest BCUT2D eigenvalue weighted by Crippen LogP contribution is -2.26. The maximum Gasteiger partial charge on any atom is 0.251 e. The molecule has 1 atom stereocenters. The lowest BCUT2D eigenvalue weighted by molar-refractivity contribution is 0.0939. The van der Waals surface area contributed by atoms with Crippen LogP contribution in [0.1, 0.15) is 41.4 Å². The standard InChI is InChI=1S/C19H23NO3/c1-4-23-18-7-5-6-17(12-18)14(2)20-19(21)16-10-8-15(9-11-16)13-22-3/h5-12,14H,4,13H2,1-3H3,(H,20,21). The van der Waals surface area contributed by atoms with E-state index in [1.807, 2.05) is 62.4 Å². The van der Waals surface area contributed by atoms with Gasteiger partial charge in [0.05, 0.1) is 19.3 Å². The van der Waals surface area contributed by atoms with Gasteiger partial charge in [0, 0.05) is 12.7 Å². The Morgan fingerprint density at radius 3 is 2.57 bits per heavy atom. The van der Waals surface area contributed by atoms with Gasteiger partial charge in [-0.1, -0.05) is 24.3 Å². The molecule has 0 radical (unpaired) electrons. The molecule has 2 aromatic carbocycles. The van der Waals surface area contributed by atoms with Crippen LogP contribution in [0.5, 0.6) is 5.75 Å². The Labute approximate surface area is 137 Å². The van der Waals surface area contributed by atoms with Crippen molar-refractivity contribution < 1.29 is 14.3 Å². The Bertz CT molecular complexity index is 637. The minimum absolute atomic E-state index is 0.0942. The van der Waals surface area contributed by atoms with E-state index in [0.29, 0.717) is 18.8 Å². The zero-order chi connectivity index (χ0) is 16.7. The Morgan fingerprint density at radius 1 is 1.17 bits per heavy atom. The first kappa shape index (κ1) is 17.0. The smallest absolute Gasteiger partial charge is 0.251 e. The Kier molecular flexibility index (Phi) is 6.18. The number of benzene rings is 2. The van der Waals surface area contributed by atoms with Crippen LogP contribution in [0.3, 0.4) is 0 Å². The van der Waals surface area contributed by atoms with E-state index in [9.17, 15) is 4.79 Å². The summed E-state index contributed by atoms with van der Waals surface area (Å²) >= 11 is 0. The summed E-state index contributed by atoms with van der Waals surface area (Å²) < 4.78 is 10.6. The van der Waals surface area contributed by atoms with Crippen LogP contribution in [0.15, 0.2) is 48.5 Å². The van der Waals surface area contributed by atoms with Gasteiger partial charge in [-0.2, -0.15) is 0 Å². The van der Waals surface area contributed by atoms with E-state index in [2.05, 4.69) is 5.32 Å². The molecule has 0 aliphatic rings. The number of ether oxygens (including phenoxy) is 2. The lowest BCUT2D eigenvalue weighted by atomic mass is 10.1. The highest BCUT2D eigenvalue weighted by molar-refractivity contribution is 5.94. The number of amides is 1. The summed E-state index contributed by atoms with van der Waals surface area (Å²) in [6, 6.07) is 15.1. The van der Waals surface area contributed by atoms with Crippen molar-refractivity contribution in [3.05, 3.63) is 65.2 Å². The van der Waals surface area contributed by atoms with Crippen LogP contribution in [0.2, 0.25) is 0 Å². The first-order chi connectivity index (χ1) is 11.1. The van der Waals surface area contributed by atoms with E-state index < -0.39 is 0 Å². The van der Waals surface area contributed by atoms with Crippen molar-refractivity contribution >= 4 is 5.91 Å². The van der Waals surface area contributed by atoms with Crippen LogP contribution < -0.4 is 10.1 Å². The molecular formula is C19H23NO3. The van der Waals surface area contributed by atoms with Gasteiger partial charge in [-0.25, -0.2) is 0 Å². The van der Waals surface area contributed by atoms with E-state index in [1.165, 1.54) is 0 Å². The van der Waals surface area contributed by atoms with Gasteiger partial charge in [0.15, 0.2) is 0 Å². The van der Waals surface area contributed by atoms with Crippen molar-refractivity contribution in [3.8, 4) is 5.75 Å². The SMILES string of the molecule is CCOc1cccc(C(C)NC(=O)c2ccc(COC)cc2)c1. The van der Waals surface area contributed by atoms with Gasteiger partial charge in [0.1, 0.15) is 5.75 Å². The largest absolute Gasteiger partial charge is 0.494 e. The second kappa shape index (κ2) is 8.34. The normalized spacial score (nSPS) is 11.8. The maximum atomic E-state index is 12.3. The van der Waals surface area contributed by atoms with Gasteiger partial charge >= 0.3 is 0 Å². The number of carbonyl (C=O) groups excluding carboxylic acids is 1. The third-order valence-corrected chi connectivity index (χ3v) is 3.54. The van der Waals surface area contributed by atoms with Crippen LogP contribution in [0.4, 0.5) is 0 Å². The molecule has 4 heteroatoms. The molecule has 0 saturated carbocycles. The number of methoxy groups -OCH3 is 1. The Morgan fingerprint density at radius 2 is 1.91 bits per heavy atom. The van der Waals surface area contributed by atoms with Crippen LogP contribution in [-0.2, 0) is 11.3 Å². The zero-order valence-corrected chi connectivity index (χ0v) is 13.8. The second-order valence-electron chi connectivity index (χ2n) is 5.33. The highest BCUT2D eigenvalue weighted by Gasteiger charge is 2.12. The molecular weight excluding hydrogens is 290 g/mol. The highest BCUT2D eigenvalue weighted by atomic mass is 16.5. The van der Waals surface area contributed by atoms with Gasteiger partial charge in [0.2, 0.25) is 0 Å². The number of carbonyl (C=O) groups is 1. The van der Waals surface area contributed by atoms with Gasteiger partial charge in [0.25, 0.3) is 5.91 Å². The van der Waals surface area contributed by atoms with Crippen LogP contribution in [0, 0.1) is 0 Å². The summed E-state index contributed by atoms with van der Waals surface area (Å²) in [4.78, 5) is 12.3. The highest BCUT2D eigenvalue weighted by Crippen LogP contribution is 2.19. The fraction of sp³-hybridized carbons (Fsp3) is 0.316. The molecule has 4 nitrogen and oxygen atoms in total. The van der Waals surface area contributed by atoms with E-state index in [-0.39, 0.29) is 11.9 Å². The molecule has 2 aromatic rings. The van der Waals surface area contributed by atoms with Gasteiger partial charge in [-0.05, 0) is 49.2 Å². The first-order valence-electron chi connectivity index (χ1n) is 7.75. The number of hydrogen-bond donors (Lipinski definition) is 1. The van der Waals surface area contributed by atoms with Crippen LogP contribution >= 0.6 is 0 Å². The average Bonchev–Trinajstić information content (AvgIpc) is 2.56. The molecule has 0 aliphatic carbocycles. The third-order valence-electron chi connectivity index (χ3n) is 3.54. The minimum atomic E-state index is -0.0958. The van der Waals surface area contributed by atoms with Crippen molar-refractivity contribution in [1.82, 2.24) is 5.32 Å². The van der Waals surface area contributed by atoms with E-state index in [1.54, 1.807) is 7.11 Å². The fourth-order valence-electron chi connectivity index (χ4n) is 2.32. The molecule has 0 fully saturated rings. The molecule has 0 aromatic heterocycles. The number of rotatable bonds is 7. The molecule has 2 rings (SSSR count). The van der Waals surface area contributed by atoms with Crippen molar-refractivity contribution in [1.29, 1.82) is 0 Å². The van der Waals surface area contributed by atoms with E-state index in [4.69, 9.17) is 9.47 Å². The molecule has 23 heavy (non-hydrogen) atoms.